The molecule has 0 fully saturated rings. The van der Waals surface area contributed by atoms with Crippen molar-refractivity contribution in [2.45, 2.75) is 6.10 Å². The summed E-state index contributed by atoms with van der Waals surface area (Å²) in [6.45, 7) is 1.69. The second-order valence-corrected chi connectivity index (χ2v) is 2.96. The molecule has 0 saturated heterocycles. The van der Waals surface area contributed by atoms with Gasteiger partial charge in [-0.25, -0.2) is 0 Å². The number of rotatable bonds is 4. The first-order valence-electron chi connectivity index (χ1n) is 2.68. The molecule has 0 aliphatic rings. The smallest absolute Gasteiger partial charge is 0.188 e. The van der Waals surface area contributed by atoms with Gasteiger partial charge in [-0.3, -0.25) is 4.57 Å². The largest absolute Gasteiger partial charge is 0.389 e. The average molecular weight is 153 g/mol. The molecule has 0 aromatic rings. The van der Waals surface area contributed by atoms with Gasteiger partial charge in [0.1, 0.15) is 0 Å². The Kier molecular flexibility index (Phi) is 5.00. The first-order valence-corrected chi connectivity index (χ1v) is 4.50. The Morgan fingerprint density at radius 3 is 2.78 bits per heavy atom. The Bertz CT molecular complexity index is 97.8. The number of aliphatic hydroxyl groups is 1. The second-order valence-electron chi connectivity index (χ2n) is 1.69. The van der Waals surface area contributed by atoms with E-state index in [1.807, 2.05) is 0 Å². The van der Waals surface area contributed by atoms with E-state index in [-0.39, 0.29) is 13.2 Å². The minimum Gasteiger partial charge on any atom is -0.389 e. The van der Waals surface area contributed by atoms with Crippen LogP contribution in [0.2, 0.25) is 0 Å². The van der Waals surface area contributed by atoms with Gasteiger partial charge in [-0.05, 0) is 0 Å². The summed E-state index contributed by atoms with van der Waals surface area (Å²) in [5.41, 5.74) is 5.04. The van der Waals surface area contributed by atoms with Gasteiger partial charge in [-0.15, -0.1) is 0 Å². The molecule has 1 unspecified atom stereocenters. The highest BCUT2D eigenvalue weighted by atomic mass is 31.1. The van der Waals surface area contributed by atoms with Crippen molar-refractivity contribution in [2.75, 3.05) is 19.8 Å². The maximum absolute atomic E-state index is 10.3. The van der Waals surface area contributed by atoms with Crippen molar-refractivity contribution in [2.24, 2.45) is 5.73 Å². The van der Waals surface area contributed by atoms with Crippen LogP contribution in [0.5, 0.6) is 0 Å². The van der Waals surface area contributed by atoms with Crippen LogP contribution in [0, 0.1) is 0 Å². The van der Waals surface area contributed by atoms with Crippen molar-refractivity contribution in [1.29, 1.82) is 0 Å². The number of aliphatic hydroxyl groups excluding tert-OH is 1. The molecule has 0 saturated carbocycles. The van der Waals surface area contributed by atoms with Gasteiger partial charge in [-0.1, -0.05) is 0 Å². The Labute approximate surface area is 54.9 Å². The monoisotopic (exact) mass is 153 g/mol. The van der Waals surface area contributed by atoms with Crippen molar-refractivity contribution in [3.05, 3.63) is 0 Å². The molecule has 0 aliphatic heterocycles. The van der Waals surface area contributed by atoms with Gasteiger partial charge in [0.05, 0.1) is 12.7 Å². The fourth-order valence-electron chi connectivity index (χ4n) is 0.282. The Hall–Kier alpha value is 0.110. The SMILES string of the molecule is C[PH](=O)OC[C@@H](O)CN. The fourth-order valence-corrected chi connectivity index (χ4v) is 0.709. The lowest BCUT2D eigenvalue weighted by Crippen LogP contribution is -2.23. The summed E-state index contributed by atoms with van der Waals surface area (Å²) in [5, 5.41) is 8.73. The average Bonchev–Trinajstić information content (AvgIpc) is 1.83. The molecule has 0 amide bonds. The molecule has 3 N–H and O–H groups in total. The van der Waals surface area contributed by atoms with E-state index in [9.17, 15) is 4.57 Å². The second kappa shape index (κ2) is 4.94. The molecule has 0 radical (unpaired) electrons. The maximum atomic E-state index is 10.3. The van der Waals surface area contributed by atoms with Crippen LogP contribution in [0.4, 0.5) is 0 Å². The molecule has 0 bridgehead atoms. The van der Waals surface area contributed by atoms with Gasteiger partial charge < -0.3 is 15.4 Å². The quantitative estimate of drug-likeness (QED) is 0.530. The Balaban J connectivity index is 3.16. The van der Waals surface area contributed by atoms with Crippen molar-refractivity contribution < 1.29 is 14.2 Å². The van der Waals surface area contributed by atoms with E-state index < -0.39 is 14.1 Å². The Morgan fingerprint density at radius 1 is 1.89 bits per heavy atom. The van der Waals surface area contributed by atoms with Crippen LogP contribution in [0.3, 0.4) is 0 Å². The first kappa shape index (κ1) is 9.11. The van der Waals surface area contributed by atoms with Gasteiger partial charge in [0.25, 0.3) is 0 Å². The van der Waals surface area contributed by atoms with Gasteiger partial charge in [0.15, 0.2) is 8.03 Å². The minimum atomic E-state index is -1.91. The molecule has 5 heteroatoms. The van der Waals surface area contributed by atoms with Gasteiger partial charge in [0.2, 0.25) is 0 Å². The lowest BCUT2D eigenvalue weighted by molar-refractivity contribution is 0.119. The normalized spacial score (nSPS) is 17.2. The third-order valence-electron chi connectivity index (χ3n) is 0.751. The summed E-state index contributed by atoms with van der Waals surface area (Å²) >= 11 is 0. The number of hydrogen-bond donors (Lipinski definition) is 2. The van der Waals surface area contributed by atoms with Crippen molar-refractivity contribution in [3.8, 4) is 0 Å². The highest BCUT2D eigenvalue weighted by Crippen LogP contribution is 2.14. The lowest BCUT2D eigenvalue weighted by Gasteiger charge is -2.05. The van der Waals surface area contributed by atoms with Crippen LogP contribution < -0.4 is 5.73 Å². The predicted octanol–water partition coefficient (Wildman–Crippen LogP) is -0.573. The van der Waals surface area contributed by atoms with E-state index in [4.69, 9.17) is 10.8 Å². The third kappa shape index (κ3) is 5.99. The third-order valence-corrected chi connectivity index (χ3v) is 1.32. The highest BCUT2D eigenvalue weighted by Gasteiger charge is 2.00. The molecule has 9 heavy (non-hydrogen) atoms. The molecule has 4 nitrogen and oxygen atoms in total. The van der Waals surface area contributed by atoms with Crippen LogP contribution in [-0.4, -0.2) is 31.0 Å². The summed E-state index contributed by atoms with van der Waals surface area (Å²) in [7, 11) is -1.91. The Morgan fingerprint density at radius 2 is 2.44 bits per heavy atom. The van der Waals surface area contributed by atoms with Crippen LogP contribution in [-0.2, 0) is 9.09 Å². The summed E-state index contributed by atoms with van der Waals surface area (Å²) in [6, 6.07) is 0. The molecule has 0 aromatic heterocycles. The summed E-state index contributed by atoms with van der Waals surface area (Å²) < 4.78 is 14.9. The first-order chi connectivity index (χ1) is 4.16. The molecule has 2 atom stereocenters. The maximum Gasteiger partial charge on any atom is 0.188 e. The minimum absolute atomic E-state index is 0.0742. The summed E-state index contributed by atoms with van der Waals surface area (Å²) in [6.07, 6.45) is -0.682. The van der Waals surface area contributed by atoms with Crippen LogP contribution in [0.25, 0.3) is 0 Å². The van der Waals surface area contributed by atoms with E-state index in [1.54, 1.807) is 0 Å². The fraction of sp³-hybridized carbons (Fsp3) is 1.00. The van der Waals surface area contributed by atoms with Crippen LogP contribution >= 0.6 is 8.03 Å². The highest BCUT2D eigenvalue weighted by molar-refractivity contribution is 7.38. The summed E-state index contributed by atoms with van der Waals surface area (Å²) in [5.74, 6) is 0. The summed E-state index contributed by atoms with van der Waals surface area (Å²) in [4.78, 5) is 0. The predicted molar refractivity (Wildman–Crippen MR) is 35.9 cm³/mol. The zero-order valence-electron chi connectivity index (χ0n) is 5.33. The van der Waals surface area contributed by atoms with Gasteiger partial charge >= 0.3 is 0 Å². The number of nitrogens with two attached hydrogens (primary N) is 1. The topological polar surface area (TPSA) is 72.5 Å². The van der Waals surface area contributed by atoms with Crippen molar-refractivity contribution >= 4 is 8.03 Å². The zero-order chi connectivity index (χ0) is 7.28. The molecule has 56 valence electrons. The van der Waals surface area contributed by atoms with Gasteiger partial charge in [0, 0.05) is 13.2 Å². The van der Waals surface area contributed by atoms with E-state index >= 15 is 0 Å². The van der Waals surface area contributed by atoms with Crippen LogP contribution in [0.1, 0.15) is 0 Å². The van der Waals surface area contributed by atoms with Gasteiger partial charge in [-0.2, -0.15) is 0 Å². The van der Waals surface area contributed by atoms with Crippen LogP contribution in [0.15, 0.2) is 0 Å². The molecule has 0 rings (SSSR count). The standard InChI is InChI=1S/C4H12NO3P/c1-9(7)8-3-4(6)2-5/h4,6,9H,2-3,5H2,1H3/t4-/m0/s1. The molecule has 0 aromatic carbocycles. The molecule has 0 aliphatic carbocycles. The lowest BCUT2D eigenvalue weighted by atomic mass is 10.4. The molecular weight excluding hydrogens is 141 g/mol. The van der Waals surface area contributed by atoms with Crippen molar-refractivity contribution in [3.63, 3.8) is 0 Å². The molecule has 0 spiro atoms. The zero-order valence-corrected chi connectivity index (χ0v) is 6.33. The van der Waals surface area contributed by atoms with E-state index in [0.717, 1.165) is 0 Å². The van der Waals surface area contributed by atoms with E-state index in [2.05, 4.69) is 4.52 Å². The van der Waals surface area contributed by atoms with E-state index in [0.29, 0.717) is 0 Å². The van der Waals surface area contributed by atoms with Crippen molar-refractivity contribution in [1.82, 2.24) is 0 Å². The molecule has 0 heterocycles. The van der Waals surface area contributed by atoms with E-state index in [1.165, 1.54) is 6.66 Å². The molecular formula is C4H12NO3P. The number of hydrogen-bond acceptors (Lipinski definition) is 4.